The Hall–Kier alpha value is -3.23. The van der Waals surface area contributed by atoms with Crippen molar-refractivity contribution in [3.05, 3.63) is 41.1 Å². The van der Waals surface area contributed by atoms with E-state index in [1.165, 1.54) is 6.07 Å². The molecule has 3 aromatic rings. The van der Waals surface area contributed by atoms with Crippen LogP contribution in [0, 0.1) is 19.7 Å². The highest BCUT2D eigenvalue weighted by molar-refractivity contribution is 5.85. The van der Waals surface area contributed by atoms with Gasteiger partial charge in [-0.15, -0.1) is 0 Å². The minimum Gasteiger partial charge on any atom is -0.494 e. The molecular weight excluding hydrogens is 413 g/mol. The molecule has 0 atom stereocenters. The fourth-order valence-electron chi connectivity index (χ4n) is 3.45. The molecule has 0 bridgehead atoms. The summed E-state index contributed by atoms with van der Waals surface area (Å²) in [6, 6.07) is 4.73. The molecule has 9 heteroatoms. The van der Waals surface area contributed by atoms with Gasteiger partial charge in [-0.05, 0) is 66.5 Å². The molecule has 0 unspecified atom stereocenters. The lowest BCUT2D eigenvalue weighted by Crippen LogP contribution is -2.33. The van der Waals surface area contributed by atoms with Crippen LogP contribution >= 0.6 is 0 Å². The Morgan fingerprint density at radius 3 is 2.62 bits per heavy atom. The lowest BCUT2D eigenvalue weighted by atomic mass is 10.1. The molecule has 0 saturated carbocycles. The molecule has 0 fully saturated rings. The van der Waals surface area contributed by atoms with E-state index in [1.54, 1.807) is 16.8 Å². The Morgan fingerprint density at radius 2 is 1.97 bits per heavy atom. The molecule has 1 aromatic carbocycles. The van der Waals surface area contributed by atoms with Crippen molar-refractivity contribution in [2.45, 2.75) is 60.0 Å². The van der Waals surface area contributed by atoms with E-state index in [4.69, 9.17) is 9.47 Å². The normalized spacial score (nSPS) is 11.6. The number of nitrogens with zero attached hydrogens (tertiary/aromatic N) is 4. The SMILES string of the molecule is CCOc1ccc(-n2nc3c(CCCNC(=O)OC(C)(C)C)nnc(C)c3c2C)c(F)c1. The zero-order valence-electron chi connectivity index (χ0n) is 19.5. The van der Waals surface area contributed by atoms with Crippen molar-refractivity contribution in [2.75, 3.05) is 13.2 Å². The maximum atomic E-state index is 14.8. The molecular formula is C23H30FN5O3. The lowest BCUT2D eigenvalue weighted by Gasteiger charge is -2.19. The molecule has 1 N–H and O–H groups in total. The van der Waals surface area contributed by atoms with Crippen LogP contribution in [0.25, 0.3) is 16.6 Å². The van der Waals surface area contributed by atoms with Crippen LogP contribution in [0.5, 0.6) is 5.75 Å². The zero-order chi connectivity index (χ0) is 23.5. The van der Waals surface area contributed by atoms with Gasteiger partial charge in [0, 0.05) is 18.0 Å². The molecule has 1 amide bonds. The van der Waals surface area contributed by atoms with E-state index < -0.39 is 17.5 Å². The highest BCUT2D eigenvalue weighted by Crippen LogP contribution is 2.27. The highest BCUT2D eigenvalue weighted by Gasteiger charge is 2.19. The molecule has 0 aliphatic heterocycles. The first kappa shape index (κ1) is 23.4. The van der Waals surface area contributed by atoms with Gasteiger partial charge in [0.05, 0.1) is 23.7 Å². The van der Waals surface area contributed by atoms with Gasteiger partial charge < -0.3 is 14.8 Å². The number of fused-ring (bicyclic) bond motifs is 1. The summed E-state index contributed by atoms with van der Waals surface area (Å²) in [5.74, 6) is 0.0503. The number of halogens is 1. The van der Waals surface area contributed by atoms with Crippen LogP contribution < -0.4 is 10.1 Å². The Morgan fingerprint density at radius 1 is 1.22 bits per heavy atom. The van der Waals surface area contributed by atoms with Gasteiger partial charge >= 0.3 is 6.09 Å². The number of aromatic nitrogens is 4. The van der Waals surface area contributed by atoms with E-state index in [0.717, 1.165) is 16.8 Å². The van der Waals surface area contributed by atoms with E-state index in [9.17, 15) is 9.18 Å². The Bertz CT molecular complexity index is 1120. The third-order valence-electron chi connectivity index (χ3n) is 4.79. The van der Waals surface area contributed by atoms with Crippen LogP contribution in [0.4, 0.5) is 9.18 Å². The summed E-state index contributed by atoms with van der Waals surface area (Å²) in [6.07, 6.45) is 0.737. The van der Waals surface area contributed by atoms with Gasteiger partial charge in [-0.2, -0.15) is 15.3 Å². The fraction of sp³-hybridized carbons (Fsp3) is 0.478. The average Bonchev–Trinajstić information content (AvgIpc) is 3.04. The number of nitrogens with one attached hydrogen (secondary N) is 1. The maximum Gasteiger partial charge on any atom is 0.407 e. The molecule has 0 aliphatic rings. The summed E-state index contributed by atoms with van der Waals surface area (Å²) in [7, 11) is 0. The molecule has 0 spiro atoms. The molecule has 172 valence electrons. The van der Waals surface area contributed by atoms with Gasteiger partial charge in [0.1, 0.15) is 22.6 Å². The number of carbonyl (C=O) groups excluding carboxylic acids is 1. The lowest BCUT2D eigenvalue weighted by molar-refractivity contribution is 0.0527. The second-order valence-corrected chi connectivity index (χ2v) is 8.53. The van der Waals surface area contributed by atoms with Crippen molar-refractivity contribution in [3.8, 4) is 11.4 Å². The second-order valence-electron chi connectivity index (χ2n) is 8.53. The predicted octanol–water partition coefficient (Wildman–Crippen LogP) is 4.43. The van der Waals surface area contributed by atoms with Crippen molar-refractivity contribution in [1.82, 2.24) is 25.3 Å². The van der Waals surface area contributed by atoms with Crippen LogP contribution in [0.1, 0.15) is 51.2 Å². The third-order valence-corrected chi connectivity index (χ3v) is 4.79. The van der Waals surface area contributed by atoms with Crippen LogP contribution in [-0.2, 0) is 11.2 Å². The van der Waals surface area contributed by atoms with E-state index in [2.05, 4.69) is 20.6 Å². The minimum absolute atomic E-state index is 0.332. The summed E-state index contributed by atoms with van der Waals surface area (Å²) < 4.78 is 27.0. The topological polar surface area (TPSA) is 91.2 Å². The molecule has 2 aromatic heterocycles. The number of carbonyl (C=O) groups is 1. The smallest absolute Gasteiger partial charge is 0.407 e. The van der Waals surface area contributed by atoms with Crippen LogP contribution in [0.2, 0.25) is 0 Å². The largest absolute Gasteiger partial charge is 0.494 e. The first-order valence-corrected chi connectivity index (χ1v) is 10.7. The van der Waals surface area contributed by atoms with Gasteiger partial charge in [0.25, 0.3) is 0 Å². The standard InChI is InChI=1S/C23H30FN5O3/c1-7-31-16-10-11-19(17(24)13-16)29-15(3)20-14(2)26-27-18(21(20)28-29)9-8-12-25-22(30)32-23(4,5)6/h10-11,13H,7-9,12H2,1-6H3,(H,25,30). The van der Waals surface area contributed by atoms with Crippen molar-refractivity contribution in [1.29, 1.82) is 0 Å². The van der Waals surface area contributed by atoms with Gasteiger partial charge in [0.2, 0.25) is 0 Å². The van der Waals surface area contributed by atoms with Crippen molar-refractivity contribution >= 4 is 17.0 Å². The predicted molar refractivity (Wildman–Crippen MR) is 120 cm³/mol. The minimum atomic E-state index is -0.542. The fourth-order valence-corrected chi connectivity index (χ4v) is 3.45. The zero-order valence-corrected chi connectivity index (χ0v) is 19.5. The summed E-state index contributed by atoms with van der Waals surface area (Å²) in [5, 5.41) is 16.8. The summed E-state index contributed by atoms with van der Waals surface area (Å²) in [6.45, 7) is 11.9. The molecule has 3 rings (SSSR count). The van der Waals surface area contributed by atoms with Crippen LogP contribution in [-0.4, -0.2) is 44.8 Å². The first-order chi connectivity index (χ1) is 15.1. The summed E-state index contributed by atoms with van der Waals surface area (Å²) in [5.41, 5.74) is 2.68. The number of alkyl carbamates (subject to hydrolysis) is 1. The maximum absolute atomic E-state index is 14.8. The van der Waals surface area contributed by atoms with Gasteiger partial charge in [-0.3, -0.25) is 0 Å². The third kappa shape index (κ3) is 5.33. The Labute approximate surface area is 187 Å². The Kier molecular flexibility index (Phi) is 6.96. The molecule has 32 heavy (non-hydrogen) atoms. The number of amides is 1. The van der Waals surface area contributed by atoms with Gasteiger partial charge in [-0.25, -0.2) is 13.9 Å². The number of hydrogen-bond acceptors (Lipinski definition) is 6. The highest BCUT2D eigenvalue weighted by atomic mass is 19.1. The van der Waals surface area contributed by atoms with E-state index in [-0.39, 0.29) is 0 Å². The van der Waals surface area contributed by atoms with E-state index in [0.29, 0.717) is 48.6 Å². The average molecular weight is 444 g/mol. The molecule has 2 heterocycles. The van der Waals surface area contributed by atoms with E-state index >= 15 is 0 Å². The number of hydrogen-bond donors (Lipinski definition) is 1. The monoisotopic (exact) mass is 443 g/mol. The van der Waals surface area contributed by atoms with Gasteiger partial charge in [-0.1, -0.05) is 0 Å². The second kappa shape index (κ2) is 9.50. The number of ether oxygens (including phenoxy) is 2. The molecule has 0 saturated heterocycles. The quantitative estimate of drug-likeness (QED) is 0.543. The molecule has 0 aliphatic carbocycles. The first-order valence-electron chi connectivity index (χ1n) is 10.7. The number of aryl methyl sites for hydroxylation is 3. The summed E-state index contributed by atoms with van der Waals surface area (Å²) in [4.78, 5) is 11.8. The van der Waals surface area contributed by atoms with Gasteiger partial charge in [0.15, 0.2) is 5.82 Å². The van der Waals surface area contributed by atoms with Crippen molar-refractivity contribution in [2.24, 2.45) is 0 Å². The van der Waals surface area contributed by atoms with E-state index in [1.807, 2.05) is 41.5 Å². The van der Waals surface area contributed by atoms with Crippen LogP contribution in [0.3, 0.4) is 0 Å². The van der Waals surface area contributed by atoms with Crippen molar-refractivity contribution in [3.63, 3.8) is 0 Å². The number of benzene rings is 1. The van der Waals surface area contributed by atoms with Crippen molar-refractivity contribution < 1.29 is 18.7 Å². The summed E-state index contributed by atoms with van der Waals surface area (Å²) >= 11 is 0. The molecule has 0 radical (unpaired) electrons. The van der Waals surface area contributed by atoms with Crippen LogP contribution in [0.15, 0.2) is 18.2 Å². The number of rotatable bonds is 7. The molecule has 8 nitrogen and oxygen atoms in total. The Balaban J connectivity index is 1.82.